The average molecular weight is 252 g/mol. The quantitative estimate of drug-likeness (QED) is 0.833. The van der Waals surface area contributed by atoms with Crippen molar-refractivity contribution in [2.45, 2.75) is 83.7 Å². The number of carbonyl (C=O) groups is 1. The highest BCUT2D eigenvalue weighted by Gasteiger charge is 2.26. The van der Waals surface area contributed by atoms with Gasteiger partial charge in [0.1, 0.15) is 0 Å². The molecule has 18 heavy (non-hydrogen) atoms. The van der Waals surface area contributed by atoms with Gasteiger partial charge in [0.15, 0.2) is 0 Å². The van der Waals surface area contributed by atoms with Crippen LogP contribution in [0, 0.1) is 5.92 Å². The predicted octanol–water partition coefficient (Wildman–Crippen LogP) is 3.25. The van der Waals surface area contributed by atoms with Crippen molar-refractivity contribution in [3.8, 4) is 0 Å². The van der Waals surface area contributed by atoms with Crippen molar-refractivity contribution < 1.29 is 4.79 Å². The number of nitrogens with one attached hydrogen (secondary N) is 1. The van der Waals surface area contributed by atoms with Gasteiger partial charge in [-0.1, -0.05) is 32.1 Å². The zero-order valence-electron chi connectivity index (χ0n) is 12.0. The summed E-state index contributed by atoms with van der Waals surface area (Å²) >= 11 is 0. The van der Waals surface area contributed by atoms with Gasteiger partial charge in [0.25, 0.3) is 0 Å². The molecule has 1 aliphatic heterocycles. The second-order valence-corrected chi connectivity index (χ2v) is 6.26. The minimum absolute atomic E-state index is 0.225. The van der Waals surface area contributed by atoms with Gasteiger partial charge in [0, 0.05) is 18.5 Å². The summed E-state index contributed by atoms with van der Waals surface area (Å²) in [7, 11) is 0. The van der Waals surface area contributed by atoms with Gasteiger partial charge in [-0.05, 0) is 39.0 Å². The van der Waals surface area contributed by atoms with Gasteiger partial charge < -0.3 is 0 Å². The van der Waals surface area contributed by atoms with Crippen molar-refractivity contribution in [2.75, 3.05) is 0 Å². The Labute approximate surface area is 111 Å². The maximum atomic E-state index is 12.0. The Morgan fingerprint density at radius 2 is 1.67 bits per heavy atom. The molecule has 2 rings (SSSR count). The lowest BCUT2D eigenvalue weighted by Crippen LogP contribution is -2.54. The molecule has 0 bridgehead atoms. The third-order valence-corrected chi connectivity index (χ3v) is 4.70. The van der Waals surface area contributed by atoms with E-state index in [1.165, 1.54) is 44.9 Å². The molecule has 0 unspecified atom stereocenters. The van der Waals surface area contributed by atoms with Crippen molar-refractivity contribution in [1.29, 1.82) is 0 Å². The summed E-state index contributed by atoms with van der Waals surface area (Å²) in [4.78, 5) is 12.0. The highest BCUT2D eigenvalue weighted by Crippen LogP contribution is 2.28. The molecular formula is C15H28N2O. The van der Waals surface area contributed by atoms with Crippen molar-refractivity contribution in [1.82, 2.24) is 10.4 Å². The highest BCUT2D eigenvalue weighted by atomic mass is 16.2. The fourth-order valence-corrected chi connectivity index (χ4v) is 3.48. The maximum absolute atomic E-state index is 12.0. The molecule has 3 nitrogen and oxygen atoms in total. The smallest absolute Gasteiger partial charge is 0.234 e. The number of hydrogen-bond acceptors (Lipinski definition) is 2. The van der Waals surface area contributed by atoms with Crippen LogP contribution in [0.2, 0.25) is 0 Å². The Kier molecular flexibility index (Phi) is 5.04. The normalized spacial score (nSPS) is 30.6. The summed E-state index contributed by atoms with van der Waals surface area (Å²) in [6.07, 6.45) is 10.9. The molecule has 0 aromatic heterocycles. The van der Waals surface area contributed by atoms with Crippen molar-refractivity contribution in [2.24, 2.45) is 5.92 Å². The van der Waals surface area contributed by atoms with Crippen LogP contribution in [-0.2, 0) is 4.79 Å². The van der Waals surface area contributed by atoms with Crippen LogP contribution < -0.4 is 5.43 Å². The largest absolute Gasteiger partial charge is 0.288 e. The topological polar surface area (TPSA) is 32.3 Å². The molecule has 0 aromatic rings. The minimum atomic E-state index is 0.225. The Morgan fingerprint density at radius 3 is 2.28 bits per heavy atom. The summed E-state index contributed by atoms with van der Waals surface area (Å²) < 4.78 is 0. The molecule has 0 aromatic carbocycles. The minimum Gasteiger partial charge on any atom is -0.288 e. The monoisotopic (exact) mass is 252 g/mol. The number of hydrazine groups is 1. The third-order valence-electron chi connectivity index (χ3n) is 4.70. The van der Waals surface area contributed by atoms with E-state index in [0.717, 1.165) is 12.3 Å². The molecule has 1 amide bonds. The Hall–Kier alpha value is -0.570. The van der Waals surface area contributed by atoms with E-state index in [2.05, 4.69) is 24.3 Å². The zero-order valence-corrected chi connectivity index (χ0v) is 12.0. The van der Waals surface area contributed by atoms with E-state index in [4.69, 9.17) is 0 Å². The molecule has 3 heteroatoms. The van der Waals surface area contributed by atoms with Crippen molar-refractivity contribution >= 4 is 5.91 Å². The number of amides is 1. The molecule has 1 saturated carbocycles. The summed E-state index contributed by atoms with van der Waals surface area (Å²) in [6, 6.07) is 0.980. The highest BCUT2D eigenvalue weighted by molar-refractivity contribution is 5.75. The van der Waals surface area contributed by atoms with E-state index in [1.807, 2.05) is 0 Å². The van der Waals surface area contributed by atoms with Crippen LogP contribution in [0.1, 0.15) is 71.6 Å². The van der Waals surface area contributed by atoms with Crippen molar-refractivity contribution in [3.05, 3.63) is 0 Å². The number of rotatable bonds is 4. The summed E-state index contributed by atoms with van der Waals surface area (Å²) in [6.45, 7) is 4.43. The Balaban J connectivity index is 1.71. The van der Waals surface area contributed by atoms with Crippen LogP contribution in [0.4, 0.5) is 0 Å². The van der Waals surface area contributed by atoms with E-state index in [0.29, 0.717) is 18.5 Å². The van der Waals surface area contributed by atoms with Gasteiger partial charge in [-0.3, -0.25) is 10.2 Å². The van der Waals surface area contributed by atoms with Crippen LogP contribution in [-0.4, -0.2) is 23.0 Å². The SMILES string of the molecule is C[C@@H]1CCC[C@@H](C)N1NC(=O)CCC1CCCC1. The lowest BCUT2D eigenvalue weighted by Gasteiger charge is -2.38. The molecule has 0 spiro atoms. The van der Waals surface area contributed by atoms with Crippen LogP contribution in [0.3, 0.4) is 0 Å². The van der Waals surface area contributed by atoms with Gasteiger partial charge in [0.2, 0.25) is 5.91 Å². The number of piperidine rings is 1. The first-order valence-electron chi connectivity index (χ1n) is 7.74. The number of carbonyl (C=O) groups excluding carboxylic acids is 1. The van der Waals surface area contributed by atoms with E-state index in [9.17, 15) is 4.79 Å². The lowest BCUT2D eigenvalue weighted by atomic mass is 9.99. The van der Waals surface area contributed by atoms with Gasteiger partial charge in [0.05, 0.1) is 0 Å². The zero-order chi connectivity index (χ0) is 13.0. The van der Waals surface area contributed by atoms with Crippen molar-refractivity contribution in [3.63, 3.8) is 0 Å². The molecule has 2 fully saturated rings. The fourth-order valence-electron chi connectivity index (χ4n) is 3.48. The molecule has 0 radical (unpaired) electrons. The maximum Gasteiger partial charge on any atom is 0.234 e. The molecule has 1 heterocycles. The van der Waals surface area contributed by atoms with E-state index >= 15 is 0 Å². The lowest BCUT2D eigenvalue weighted by molar-refractivity contribution is -0.129. The Bertz CT molecular complexity index is 264. The fraction of sp³-hybridized carbons (Fsp3) is 0.933. The molecule has 1 N–H and O–H groups in total. The van der Waals surface area contributed by atoms with Gasteiger partial charge in [-0.2, -0.15) is 0 Å². The average Bonchev–Trinajstić information content (AvgIpc) is 2.84. The third kappa shape index (κ3) is 3.71. The van der Waals surface area contributed by atoms with E-state index in [-0.39, 0.29) is 5.91 Å². The predicted molar refractivity (Wildman–Crippen MR) is 73.9 cm³/mol. The molecule has 1 saturated heterocycles. The molecule has 2 aliphatic rings. The van der Waals surface area contributed by atoms with E-state index < -0.39 is 0 Å². The Morgan fingerprint density at radius 1 is 1.06 bits per heavy atom. The van der Waals surface area contributed by atoms with E-state index in [1.54, 1.807) is 0 Å². The molecule has 1 aliphatic carbocycles. The second-order valence-electron chi connectivity index (χ2n) is 6.26. The summed E-state index contributed by atoms with van der Waals surface area (Å²) in [5.41, 5.74) is 3.14. The molecule has 2 atom stereocenters. The first-order valence-corrected chi connectivity index (χ1v) is 7.74. The van der Waals surface area contributed by atoms with Crippen LogP contribution in [0.15, 0.2) is 0 Å². The van der Waals surface area contributed by atoms with Gasteiger partial charge in [-0.25, -0.2) is 5.01 Å². The first-order chi connectivity index (χ1) is 8.66. The van der Waals surface area contributed by atoms with Crippen LogP contribution in [0.5, 0.6) is 0 Å². The van der Waals surface area contributed by atoms with Crippen LogP contribution in [0.25, 0.3) is 0 Å². The number of nitrogens with zero attached hydrogens (tertiary/aromatic N) is 1. The van der Waals surface area contributed by atoms with Gasteiger partial charge >= 0.3 is 0 Å². The second kappa shape index (κ2) is 6.55. The summed E-state index contributed by atoms with van der Waals surface area (Å²) in [5, 5.41) is 2.18. The standard InChI is InChI=1S/C15H28N2O/c1-12-6-5-7-13(2)17(12)16-15(18)11-10-14-8-3-4-9-14/h12-14H,3-11H2,1-2H3,(H,16,18)/t12-,13-/m1/s1. The molecular weight excluding hydrogens is 224 g/mol. The summed E-state index contributed by atoms with van der Waals surface area (Å²) in [5.74, 6) is 1.04. The number of hydrogen-bond donors (Lipinski definition) is 1. The first kappa shape index (κ1) is 13.9. The van der Waals surface area contributed by atoms with Crippen LogP contribution >= 0.6 is 0 Å². The van der Waals surface area contributed by atoms with Gasteiger partial charge in [-0.15, -0.1) is 0 Å². The molecule has 104 valence electrons.